The summed E-state index contributed by atoms with van der Waals surface area (Å²) in [5.41, 5.74) is 0. The molecule has 0 amide bonds. The fourth-order valence-corrected chi connectivity index (χ4v) is 3.75. The quantitative estimate of drug-likeness (QED) is 0.554. The lowest BCUT2D eigenvalue weighted by atomic mass is 9.84. The monoisotopic (exact) mass is 286 g/mol. The van der Waals surface area contributed by atoms with Gasteiger partial charge in [-0.1, -0.05) is 19.8 Å². The molecule has 0 atom stereocenters. The minimum atomic E-state index is 0.0440. The molecule has 0 aromatic rings. The van der Waals surface area contributed by atoms with Gasteiger partial charge in [-0.15, -0.1) is 11.6 Å². The number of rotatable bonds is 4. The molecule has 19 heavy (non-hydrogen) atoms. The van der Waals surface area contributed by atoms with Crippen molar-refractivity contribution in [3.05, 3.63) is 0 Å². The summed E-state index contributed by atoms with van der Waals surface area (Å²) in [5, 5.41) is 0.272. The van der Waals surface area contributed by atoms with Crippen LogP contribution in [0, 0.1) is 11.8 Å². The van der Waals surface area contributed by atoms with Crippen LogP contribution in [-0.4, -0.2) is 17.5 Å². The molecule has 2 fully saturated rings. The third-order valence-electron chi connectivity index (χ3n) is 4.76. The molecule has 0 aliphatic heterocycles. The Labute approximate surface area is 122 Å². The van der Waals surface area contributed by atoms with E-state index in [-0.39, 0.29) is 23.4 Å². The number of esters is 1. The molecule has 2 saturated carbocycles. The Morgan fingerprint density at radius 2 is 1.68 bits per heavy atom. The lowest BCUT2D eigenvalue weighted by Gasteiger charge is -2.30. The molecule has 110 valence electrons. The van der Waals surface area contributed by atoms with Gasteiger partial charge in [0.05, 0.1) is 5.92 Å². The zero-order valence-corrected chi connectivity index (χ0v) is 12.8. The van der Waals surface area contributed by atoms with Gasteiger partial charge in [0.15, 0.2) is 0 Å². The van der Waals surface area contributed by atoms with Crippen LogP contribution in [0.1, 0.15) is 71.1 Å². The van der Waals surface area contributed by atoms with E-state index < -0.39 is 0 Å². The van der Waals surface area contributed by atoms with Gasteiger partial charge in [-0.05, 0) is 57.3 Å². The van der Waals surface area contributed by atoms with Crippen LogP contribution in [0.25, 0.3) is 0 Å². The van der Waals surface area contributed by atoms with Gasteiger partial charge in [0, 0.05) is 5.38 Å². The second-order valence-corrected chi connectivity index (χ2v) is 6.93. The molecule has 0 aromatic heterocycles. The van der Waals surface area contributed by atoms with Crippen molar-refractivity contribution in [3.8, 4) is 0 Å². The van der Waals surface area contributed by atoms with Crippen LogP contribution in [0.2, 0.25) is 0 Å². The first-order valence-electron chi connectivity index (χ1n) is 8.03. The van der Waals surface area contributed by atoms with Crippen molar-refractivity contribution in [2.75, 3.05) is 0 Å². The summed E-state index contributed by atoms with van der Waals surface area (Å²) < 4.78 is 5.71. The molecular formula is C16H27ClO2. The second-order valence-electron chi connectivity index (χ2n) is 6.32. The highest BCUT2D eigenvalue weighted by Crippen LogP contribution is 2.32. The van der Waals surface area contributed by atoms with E-state index >= 15 is 0 Å². The fraction of sp³-hybridized carbons (Fsp3) is 0.938. The predicted octanol–water partition coefficient (Wildman–Crippen LogP) is 4.69. The van der Waals surface area contributed by atoms with Crippen molar-refractivity contribution in [2.24, 2.45) is 11.8 Å². The fourth-order valence-electron chi connectivity index (χ4n) is 3.50. The van der Waals surface area contributed by atoms with Gasteiger partial charge in [0.1, 0.15) is 6.10 Å². The average Bonchev–Trinajstić information content (AvgIpc) is 2.42. The van der Waals surface area contributed by atoms with Crippen LogP contribution < -0.4 is 0 Å². The van der Waals surface area contributed by atoms with E-state index in [4.69, 9.17) is 16.3 Å². The summed E-state index contributed by atoms with van der Waals surface area (Å²) >= 11 is 6.07. The maximum Gasteiger partial charge on any atom is 0.309 e. The van der Waals surface area contributed by atoms with E-state index in [1.54, 1.807) is 0 Å². The van der Waals surface area contributed by atoms with Crippen LogP contribution in [0.4, 0.5) is 0 Å². The van der Waals surface area contributed by atoms with Crippen molar-refractivity contribution in [1.29, 1.82) is 0 Å². The molecule has 0 spiro atoms. The number of alkyl halides is 1. The Balaban J connectivity index is 1.69. The Morgan fingerprint density at radius 1 is 1.05 bits per heavy atom. The van der Waals surface area contributed by atoms with Crippen molar-refractivity contribution in [2.45, 2.75) is 82.6 Å². The van der Waals surface area contributed by atoms with Gasteiger partial charge in [-0.3, -0.25) is 4.79 Å². The molecule has 0 heterocycles. The Hall–Kier alpha value is -0.240. The van der Waals surface area contributed by atoms with Crippen molar-refractivity contribution in [3.63, 3.8) is 0 Å². The van der Waals surface area contributed by atoms with Crippen molar-refractivity contribution < 1.29 is 9.53 Å². The topological polar surface area (TPSA) is 26.3 Å². The number of carbonyl (C=O) groups excluding carboxylic acids is 1. The zero-order valence-electron chi connectivity index (χ0n) is 12.1. The predicted molar refractivity (Wildman–Crippen MR) is 78.3 cm³/mol. The first-order valence-corrected chi connectivity index (χ1v) is 8.47. The number of carbonyl (C=O) groups is 1. The summed E-state index contributed by atoms with van der Waals surface area (Å²) in [7, 11) is 0. The Morgan fingerprint density at radius 3 is 2.26 bits per heavy atom. The molecule has 3 heteroatoms. The van der Waals surface area contributed by atoms with E-state index in [1.807, 2.05) is 0 Å². The van der Waals surface area contributed by atoms with Crippen molar-refractivity contribution in [1.82, 2.24) is 0 Å². The van der Waals surface area contributed by atoms with Crippen LogP contribution in [0.3, 0.4) is 0 Å². The van der Waals surface area contributed by atoms with Crippen LogP contribution >= 0.6 is 11.6 Å². The molecule has 0 radical (unpaired) electrons. The first-order chi connectivity index (χ1) is 9.19. The largest absolute Gasteiger partial charge is 0.462 e. The molecule has 0 N–H and O–H groups in total. The maximum absolute atomic E-state index is 12.1. The summed E-state index contributed by atoms with van der Waals surface area (Å²) in [5.74, 6) is 1.03. The normalized spacial score (nSPS) is 35.9. The van der Waals surface area contributed by atoms with E-state index in [0.29, 0.717) is 0 Å². The molecule has 2 aliphatic rings. The van der Waals surface area contributed by atoms with E-state index in [0.717, 1.165) is 44.4 Å². The van der Waals surface area contributed by atoms with Crippen LogP contribution in [0.5, 0.6) is 0 Å². The smallest absolute Gasteiger partial charge is 0.309 e. The summed E-state index contributed by atoms with van der Waals surface area (Å²) in [4.78, 5) is 12.1. The number of halogens is 1. The van der Waals surface area contributed by atoms with Gasteiger partial charge in [0.2, 0.25) is 0 Å². The lowest BCUT2D eigenvalue weighted by molar-refractivity contribution is -0.157. The Bertz CT molecular complexity index is 276. The SMILES string of the molecule is CCCC1CCC(OC(=O)C2CCC(Cl)CC2)CC1. The molecule has 0 bridgehead atoms. The number of hydrogen-bond donors (Lipinski definition) is 0. The zero-order chi connectivity index (χ0) is 13.7. The average molecular weight is 287 g/mol. The molecule has 2 aliphatic carbocycles. The van der Waals surface area contributed by atoms with Gasteiger partial charge < -0.3 is 4.74 Å². The highest BCUT2D eigenvalue weighted by Gasteiger charge is 2.29. The maximum atomic E-state index is 12.1. The lowest BCUT2D eigenvalue weighted by Crippen LogP contribution is -2.30. The molecule has 0 saturated heterocycles. The summed E-state index contributed by atoms with van der Waals surface area (Å²) in [6, 6.07) is 0. The van der Waals surface area contributed by atoms with E-state index in [9.17, 15) is 4.79 Å². The molecular weight excluding hydrogens is 260 g/mol. The third-order valence-corrected chi connectivity index (χ3v) is 5.20. The highest BCUT2D eigenvalue weighted by atomic mass is 35.5. The first kappa shape index (κ1) is 15.2. The van der Waals surface area contributed by atoms with Gasteiger partial charge in [-0.2, -0.15) is 0 Å². The highest BCUT2D eigenvalue weighted by molar-refractivity contribution is 6.20. The third kappa shape index (κ3) is 4.66. The minimum absolute atomic E-state index is 0.0440. The van der Waals surface area contributed by atoms with Gasteiger partial charge in [0.25, 0.3) is 0 Å². The van der Waals surface area contributed by atoms with E-state index in [2.05, 4.69) is 6.92 Å². The molecule has 0 unspecified atom stereocenters. The molecule has 0 aromatic carbocycles. The molecule has 2 nitrogen and oxygen atoms in total. The Kier molecular flexibility index (Phi) is 6.00. The van der Waals surface area contributed by atoms with Gasteiger partial charge in [-0.25, -0.2) is 0 Å². The second kappa shape index (κ2) is 7.52. The summed E-state index contributed by atoms with van der Waals surface area (Å²) in [6.45, 7) is 2.25. The van der Waals surface area contributed by atoms with Crippen molar-refractivity contribution >= 4 is 17.6 Å². The minimum Gasteiger partial charge on any atom is -0.462 e. The van der Waals surface area contributed by atoms with Crippen LogP contribution in [0.15, 0.2) is 0 Å². The standard InChI is InChI=1S/C16H27ClO2/c1-2-3-12-4-10-15(11-5-12)19-16(18)13-6-8-14(17)9-7-13/h12-15H,2-11H2,1H3. The van der Waals surface area contributed by atoms with Crippen LogP contribution in [-0.2, 0) is 9.53 Å². The number of hydrogen-bond acceptors (Lipinski definition) is 2. The van der Waals surface area contributed by atoms with Gasteiger partial charge >= 0.3 is 5.97 Å². The molecule has 2 rings (SSSR count). The summed E-state index contributed by atoms with van der Waals surface area (Å²) in [6.07, 6.45) is 11.2. The number of ether oxygens (including phenoxy) is 1. The van der Waals surface area contributed by atoms with E-state index in [1.165, 1.54) is 25.7 Å².